The minimum Gasteiger partial charge on any atom is -0.496 e. The number of thiophene rings is 1. The quantitative estimate of drug-likeness (QED) is 0.937. The molecule has 0 aliphatic heterocycles. The number of methoxy groups -OCH3 is 1. The monoisotopic (exact) mass is 298 g/mol. The molecular formula is C12H11BrO2S. The number of aliphatic hydroxyl groups excluding tert-OH is 1. The minimum atomic E-state index is 0.0843. The Balaban J connectivity index is 2.49. The third-order valence-corrected chi connectivity index (χ3v) is 3.84. The fourth-order valence-electron chi connectivity index (χ4n) is 1.48. The van der Waals surface area contributed by atoms with Crippen molar-refractivity contribution in [2.75, 3.05) is 7.11 Å². The van der Waals surface area contributed by atoms with Crippen molar-refractivity contribution in [3.8, 4) is 16.2 Å². The molecule has 1 aromatic heterocycles. The van der Waals surface area contributed by atoms with Gasteiger partial charge in [0.25, 0.3) is 0 Å². The van der Waals surface area contributed by atoms with E-state index in [4.69, 9.17) is 9.84 Å². The second-order valence-corrected chi connectivity index (χ2v) is 5.35. The van der Waals surface area contributed by atoms with Gasteiger partial charge in [-0.25, -0.2) is 0 Å². The van der Waals surface area contributed by atoms with Crippen molar-refractivity contribution in [2.45, 2.75) is 6.61 Å². The second-order valence-electron chi connectivity index (χ2n) is 3.27. The van der Waals surface area contributed by atoms with Gasteiger partial charge < -0.3 is 9.84 Å². The van der Waals surface area contributed by atoms with Gasteiger partial charge in [-0.2, -0.15) is 0 Å². The number of hydrogen-bond acceptors (Lipinski definition) is 3. The first-order valence-electron chi connectivity index (χ1n) is 4.78. The molecule has 2 rings (SSSR count). The maximum absolute atomic E-state index is 9.05. The van der Waals surface area contributed by atoms with Crippen LogP contribution in [0.2, 0.25) is 0 Å². The van der Waals surface area contributed by atoms with Crippen LogP contribution in [-0.2, 0) is 6.61 Å². The van der Waals surface area contributed by atoms with Gasteiger partial charge in [0.15, 0.2) is 0 Å². The molecule has 0 bridgehead atoms. The summed E-state index contributed by atoms with van der Waals surface area (Å²) < 4.78 is 6.34. The maximum Gasteiger partial charge on any atom is 0.127 e. The van der Waals surface area contributed by atoms with Gasteiger partial charge in [-0.1, -0.05) is 15.9 Å². The second kappa shape index (κ2) is 4.99. The average molecular weight is 299 g/mol. The molecule has 2 aromatic rings. The van der Waals surface area contributed by atoms with E-state index in [0.717, 1.165) is 25.5 Å². The maximum atomic E-state index is 9.05. The van der Waals surface area contributed by atoms with Crippen molar-refractivity contribution >= 4 is 27.3 Å². The van der Waals surface area contributed by atoms with E-state index in [2.05, 4.69) is 15.9 Å². The van der Waals surface area contributed by atoms with Gasteiger partial charge in [0.2, 0.25) is 0 Å². The number of benzene rings is 1. The molecule has 0 atom stereocenters. The molecule has 0 aliphatic rings. The van der Waals surface area contributed by atoms with Crippen molar-refractivity contribution in [2.24, 2.45) is 0 Å². The molecular weight excluding hydrogens is 288 g/mol. The normalized spacial score (nSPS) is 10.4. The highest BCUT2D eigenvalue weighted by Crippen LogP contribution is 2.36. The Morgan fingerprint density at radius 1 is 1.31 bits per heavy atom. The Morgan fingerprint density at radius 3 is 2.75 bits per heavy atom. The fourth-order valence-corrected chi connectivity index (χ4v) is 2.73. The Morgan fingerprint density at radius 2 is 2.12 bits per heavy atom. The lowest BCUT2D eigenvalue weighted by Crippen LogP contribution is -1.85. The highest BCUT2D eigenvalue weighted by atomic mass is 79.9. The van der Waals surface area contributed by atoms with Gasteiger partial charge in [0, 0.05) is 19.8 Å². The van der Waals surface area contributed by atoms with E-state index in [-0.39, 0.29) is 6.61 Å². The fraction of sp³-hybridized carbons (Fsp3) is 0.167. The highest BCUT2D eigenvalue weighted by molar-refractivity contribution is 9.10. The highest BCUT2D eigenvalue weighted by Gasteiger charge is 2.08. The zero-order valence-corrected chi connectivity index (χ0v) is 11.1. The molecule has 0 aliphatic carbocycles. The molecule has 0 spiro atoms. The van der Waals surface area contributed by atoms with Crippen molar-refractivity contribution in [1.82, 2.24) is 0 Å². The number of rotatable bonds is 3. The molecule has 1 N–H and O–H groups in total. The van der Waals surface area contributed by atoms with Crippen LogP contribution in [0, 0.1) is 0 Å². The predicted octanol–water partition coefficient (Wildman–Crippen LogP) is 3.68. The summed E-state index contributed by atoms with van der Waals surface area (Å²) in [5, 5.41) is 9.05. The predicted molar refractivity (Wildman–Crippen MR) is 69.9 cm³/mol. The first kappa shape index (κ1) is 11.6. The summed E-state index contributed by atoms with van der Waals surface area (Å²) in [6.45, 7) is 0.0843. The molecule has 0 radical (unpaired) electrons. The summed E-state index contributed by atoms with van der Waals surface area (Å²) in [4.78, 5) is 2.05. The summed E-state index contributed by atoms with van der Waals surface area (Å²) in [5.41, 5.74) is 1.04. The van der Waals surface area contributed by atoms with Gasteiger partial charge in [-0.3, -0.25) is 0 Å². The van der Waals surface area contributed by atoms with Crippen LogP contribution in [0.3, 0.4) is 0 Å². The zero-order valence-electron chi connectivity index (χ0n) is 8.74. The summed E-state index contributed by atoms with van der Waals surface area (Å²) in [7, 11) is 1.66. The van der Waals surface area contributed by atoms with Crippen molar-refractivity contribution in [3.63, 3.8) is 0 Å². The Labute approximate surface area is 107 Å². The summed E-state index contributed by atoms with van der Waals surface area (Å²) in [5.74, 6) is 0.842. The molecule has 1 aromatic carbocycles. The van der Waals surface area contributed by atoms with Crippen molar-refractivity contribution < 1.29 is 9.84 Å². The van der Waals surface area contributed by atoms with Gasteiger partial charge in [0.1, 0.15) is 5.75 Å². The van der Waals surface area contributed by atoms with Crippen LogP contribution in [-0.4, -0.2) is 12.2 Å². The number of ether oxygens (including phenoxy) is 1. The third-order valence-electron chi connectivity index (χ3n) is 2.24. The van der Waals surface area contributed by atoms with Crippen LogP contribution in [0.4, 0.5) is 0 Å². The van der Waals surface area contributed by atoms with E-state index in [1.165, 1.54) is 0 Å². The zero-order chi connectivity index (χ0) is 11.5. The minimum absolute atomic E-state index is 0.0843. The van der Waals surface area contributed by atoms with Crippen LogP contribution in [0.1, 0.15) is 4.88 Å². The topological polar surface area (TPSA) is 29.5 Å². The molecule has 0 saturated carbocycles. The molecule has 84 valence electrons. The van der Waals surface area contributed by atoms with Gasteiger partial charge >= 0.3 is 0 Å². The molecule has 0 unspecified atom stereocenters. The lowest BCUT2D eigenvalue weighted by atomic mass is 10.1. The van der Waals surface area contributed by atoms with Crippen LogP contribution in [0.5, 0.6) is 5.75 Å². The molecule has 2 nitrogen and oxygen atoms in total. The Hall–Kier alpha value is -0.840. The lowest BCUT2D eigenvalue weighted by Gasteiger charge is -2.06. The number of hydrogen-bond donors (Lipinski definition) is 1. The number of halogens is 1. The SMILES string of the molecule is COc1ccc(Br)cc1-c1ccc(CO)s1. The molecule has 0 fully saturated rings. The van der Waals surface area contributed by atoms with E-state index in [9.17, 15) is 0 Å². The Kier molecular flexibility index (Phi) is 3.63. The smallest absolute Gasteiger partial charge is 0.127 e. The van der Waals surface area contributed by atoms with Crippen LogP contribution in [0.25, 0.3) is 10.4 Å². The lowest BCUT2D eigenvalue weighted by molar-refractivity contribution is 0.285. The summed E-state index contributed by atoms with van der Waals surface area (Å²) in [6, 6.07) is 9.83. The average Bonchev–Trinajstić information content (AvgIpc) is 2.77. The van der Waals surface area contributed by atoms with Crippen LogP contribution >= 0.6 is 27.3 Å². The molecule has 0 saturated heterocycles. The molecule has 0 amide bonds. The van der Waals surface area contributed by atoms with E-state index < -0.39 is 0 Å². The number of aliphatic hydroxyl groups is 1. The van der Waals surface area contributed by atoms with E-state index in [0.29, 0.717) is 0 Å². The van der Waals surface area contributed by atoms with Crippen molar-refractivity contribution in [1.29, 1.82) is 0 Å². The van der Waals surface area contributed by atoms with Gasteiger partial charge in [-0.15, -0.1) is 11.3 Å². The molecule has 16 heavy (non-hydrogen) atoms. The van der Waals surface area contributed by atoms with Gasteiger partial charge in [-0.05, 0) is 30.3 Å². The first-order chi connectivity index (χ1) is 7.74. The Bertz CT molecular complexity index is 494. The van der Waals surface area contributed by atoms with Crippen LogP contribution in [0.15, 0.2) is 34.8 Å². The molecule has 4 heteroatoms. The first-order valence-corrected chi connectivity index (χ1v) is 6.39. The van der Waals surface area contributed by atoms with Gasteiger partial charge in [0.05, 0.1) is 13.7 Å². The largest absolute Gasteiger partial charge is 0.496 e. The summed E-state index contributed by atoms with van der Waals surface area (Å²) in [6.07, 6.45) is 0. The standard InChI is InChI=1S/C12H11BrO2S/c1-15-11-4-2-8(13)6-10(11)12-5-3-9(7-14)16-12/h2-6,14H,7H2,1H3. The van der Waals surface area contributed by atoms with E-state index in [1.807, 2.05) is 30.3 Å². The van der Waals surface area contributed by atoms with Crippen molar-refractivity contribution in [3.05, 3.63) is 39.7 Å². The van der Waals surface area contributed by atoms with Crippen LogP contribution < -0.4 is 4.74 Å². The van der Waals surface area contributed by atoms with E-state index in [1.54, 1.807) is 18.4 Å². The summed E-state index contributed by atoms with van der Waals surface area (Å²) >= 11 is 5.02. The third kappa shape index (κ3) is 2.29. The van der Waals surface area contributed by atoms with E-state index >= 15 is 0 Å². The molecule has 1 heterocycles.